The molecule has 0 atom stereocenters. The molecule has 6 nitrogen and oxygen atoms in total. The molecule has 0 spiro atoms. The lowest BCUT2D eigenvalue weighted by Crippen LogP contribution is -2.17. The van der Waals surface area contributed by atoms with Gasteiger partial charge in [-0.2, -0.15) is 0 Å². The van der Waals surface area contributed by atoms with E-state index < -0.39 is 6.36 Å². The lowest BCUT2D eigenvalue weighted by Gasteiger charge is -2.09. The number of nitrogens with zero attached hydrogens (tertiary/aromatic N) is 4. The number of fused-ring (bicyclic) bond motifs is 1. The third kappa shape index (κ3) is 4.96. The van der Waals surface area contributed by atoms with Crippen LogP contribution in [0.4, 0.5) is 13.2 Å². The van der Waals surface area contributed by atoms with E-state index in [1.165, 1.54) is 23.8 Å². The quantitative estimate of drug-likeness (QED) is 0.434. The summed E-state index contributed by atoms with van der Waals surface area (Å²) in [5.74, 6) is -0.292. The lowest BCUT2D eigenvalue weighted by molar-refractivity contribution is -0.274. The van der Waals surface area contributed by atoms with Crippen LogP contribution in [0, 0.1) is 5.41 Å². The van der Waals surface area contributed by atoms with Crippen LogP contribution < -0.4 is 9.54 Å². The van der Waals surface area contributed by atoms with Crippen molar-refractivity contribution < 1.29 is 17.9 Å². The van der Waals surface area contributed by atoms with Gasteiger partial charge in [0.25, 0.3) is 0 Å². The van der Waals surface area contributed by atoms with Gasteiger partial charge in [0.1, 0.15) is 11.4 Å². The fourth-order valence-corrected chi connectivity index (χ4v) is 4.33. The second-order valence-corrected chi connectivity index (χ2v) is 8.08. The molecule has 2 aromatic heterocycles. The topological polar surface area (TPSA) is 68.7 Å². The number of aryl methyl sites for hydroxylation is 3. The summed E-state index contributed by atoms with van der Waals surface area (Å²) in [4.78, 5) is 0.242. The van der Waals surface area contributed by atoms with Crippen molar-refractivity contribution in [2.24, 2.45) is 0 Å². The highest BCUT2D eigenvalue weighted by atomic mass is 32.1. The summed E-state index contributed by atoms with van der Waals surface area (Å²) in [6.45, 7) is 3.06. The summed E-state index contributed by atoms with van der Waals surface area (Å²) in [5, 5.41) is 16.6. The highest BCUT2D eigenvalue weighted by molar-refractivity contribution is 7.16. The van der Waals surface area contributed by atoms with Crippen LogP contribution in [-0.2, 0) is 19.5 Å². The number of hydrogen-bond acceptors (Lipinski definition) is 5. The number of halogens is 3. The van der Waals surface area contributed by atoms with Gasteiger partial charge in [-0.05, 0) is 30.2 Å². The lowest BCUT2D eigenvalue weighted by atomic mass is 10.1. The van der Waals surface area contributed by atoms with Crippen LogP contribution in [0.1, 0.15) is 18.9 Å². The molecule has 31 heavy (non-hydrogen) atoms. The van der Waals surface area contributed by atoms with Crippen LogP contribution in [0.2, 0.25) is 0 Å². The molecule has 0 saturated heterocycles. The molecular weight excluding hydrogens is 427 g/mol. The third-order valence-corrected chi connectivity index (χ3v) is 5.75. The highest BCUT2D eigenvalue weighted by Gasteiger charge is 2.31. The molecule has 0 amide bonds. The van der Waals surface area contributed by atoms with Crippen molar-refractivity contribution in [2.45, 2.75) is 39.2 Å². The fourth-order valence-electron chi connectivity index (χ4n) is 3.36. The van der Waals surface area contributed by atoms with Crippen LogP contribution in [0.15, 0.2) is 48.7 Å². The number of rotatable bonds is 7. The summed E-state index contributed by atoms with van der Waals surface area (Å²) in [7, 11) is 0. The Morgan fingerprint density at radius 2 is 1.87 bits per heavy atom. The maximum atomic E-state index is 12.4. The molecule has 10 heteroatoms. The highest BCUT2D eigenvalue weighted by Crippen LogP contribution is 2.28. The normalized spacial score (nSPS) is 11.9. The molecule has 0 saturated carbocycles. The SMILES string of the molecule is CCCc1ccc(-c2cn(CCn3c(=N)sc4cc(OC(F)(F)F)ccc43)nn2)cc1. The van der Waals surface area contributed by atoms with Gasteiger partial charge >= 0.3 is 6.36 Å². The molecule has 0 unspecified atom stereocenters. The largest absolute Gasteiger partial charge is 0.573 e. The van der Waals surface area contributed by atoms with Crippen molar-refractivity contribution >= 4 is 21.6 Å². The molecule has 2 aromatic carbocycles. The van der Waals surface area contributed by atoms with Gasteiger partial charge in [-0.3, -0.25) is 10.1 Å². The fraction of sp³-hybridized carbons (Fsp3) is 0.286. The number of benzene rings is 2. The second kappa shape index (κ2) is 8.54. The summed E-state index contributed by atoms with van der Waals surface area (Å²) in [6, 6.07) is 12.3. The standard InChI is InChI=1S/C21H20F3N5OS/c1-2-3-14-4-6-15(7-5-14)17-13-28(27-26-17)10-11-29-18-9-8-16(30-21(22,23)24)12-19(18)31-20(29)25/h4-9,12-13,25H,2-3,10-11H2,1H3. The van der Waals surface area contributed by atoms with Crippen molar-refractivity contribution in [1.82, 2.24) is 19.6 Å². The van der Waals surface area contributed by atoms with Crippen molar-refractivity contribution in [3.05, 3.63) is 59.0 Å². The Morgan fingerprint density at radius 3 is 2.58 bits per heavy atom. The molecule has 162 valence electrons. The number of thiazole rings is 1. The Bertz CT molecular complexity index is 1240. The van der Waals surface area contributed by atoms with Crippen LogP contribution in [0.3, 0.4) is 0 Å². The Hall–Kier alpha value is -3.14. The molecule has 0 radical (unpaired) electrons. The van der Waals surface area contributed by atoms with Gasteiger partial charge in [0.05, 0.1) is 23.0 Å². The van der Waals surface area contributed by atoms with Gasteiger partial charge in [-0.1, -0.05) is 54.2 Å². The van der Waals surface area contributed by atoms with E-state index in [2.05, 4.69) is 34.1 Å². The monoisotopic (exact) mass is 447 g/mol. The molecule has 0 bridgehead atoms. The first-order chi connectivity index (χ1) is 14.8. The zero-order valence-corrected chi connectivity index (χ0v) is 17.5. The van der Waals surface area contributed by atoms with Gasteiger partial charge in [-0.15, -0.1) is 18.3 Å². The first-order valence-electron chi connectivity index (χ1n) is 9.75. The van der Waals surface area contributed by atoms with E-state index in [0.29, 0.717) is 23.3 Å². The van der Waals surface area contributed by atoms with Crippen molar-refractivity contribution in [2.75, 3.05) is 0 Å². The van der Waals surface area contributed by atoms with Crippen molar-refractivity contribution in [3.63, 3.8) is 0 Å². The van der Waals surface area contributed by atoms with Gasteiger partial charge < -0.3 is 9.30 Å². The number of nitrogens with one attached hydrogen (secondary N) is 1. The molecular formula is C21H20F3N5OS. The van der Waals surface area contributed by atoms with Crippen LogP contribution in [0.25, 0.3) is 21.5 Å². The Morgan fingerprint density at radius 1 is 1.10 bits per heavy atom. The zero-order valence-electron chi connectivity index (χ0n) is 16.7. The number of alkyl halides is 3. The Balaban J connectivity index is 1.48. The van der Waals surface area contributed by atoms with Gasteiger partial charge in [0, 0.05) is 12.1 Å². The van der Waals surface area contributed by atoms with E-state index in [9.17, 15) is 13.2 Å². The number of hydrogen-bond donors (Lipinski definition) is 1. The molecule has 0 aliphatic heterocycles. The first kappa shape index (κ1) is 21.1. The average molecular weight is 447 g/mol. The van der Waals surface area contributed by atoms with Gasteiger partial charge in [-0.25, -0.2) is 0 Å². The Labute approximate surface area is 180 Å². The van der Waals surface area contributed by atoms with E-state index >= 15 is 0 Å². The molecule has 0 aliphatic rings. The molecule has 0 aliphatic carbocycles. The third-order valence-electron chi connectivity index (χ3n) is 4.79. The first-order valence-corrected chi connectivity index (χ1v) is 10.6. The van der Waals surface area contributed by atoms with Gasteiger partial charge in [0.15, 0.2) is 4.80 Å². The smallest absolute Gasteiger partial charge is 0.406 e. The summed E-state index contributed by atoms with van der Waals surface area (Å²) in [5.41, 5.74) is 3.71. The second-order valence-electron chi connectivity index (χ2n) is 7.05. The number of aromatic nitrogens is 4. The van der Waals surface area contributed by atoms with Crippen LogP contribution in [0.5, 0.6) is 5.75 Å². The zero-order chi connectivity index (χ0) is 22.0. The Kier molecular flexibility index (Phi) is 5.81. The summed E-state index contributed by atoms with van der Waals surface area (Å²) < 4.78 is 45.3. The molecule has 4 aromatic rings. The van der Waals surface area contributed by atoms with E-state index in [0.717, 1.165) is 35.4 Å². The maximum Gasteiger partial charge on any atom is 0.573 e. The molecule has 4 rings (SSSR count). The van der Waals surface area contributed by atoms with Crippen LogP contribution in [-0.4, -0.2) is 25.9 Å². The number of ether oxygens (including phenoxy) is 1. The van der Waals surface area contributed by atoms with Crippen molar-refractivity contribution in [1.29, 1.82) is 5.41 Å². The van der Waals surface area contributed by atoms with E-state index in [-0.39, 0.29) is 10.6 Å². The minimum absolute atomic E-state index is 0.242. The van der Waals surface area contributed by atoms with Crippen molar-refractivity contribution in [3.8, 4) is 17.0 Å². The summed E-state index contributed by atoms with van der Waals surface area (Å²) in [6.07, 6.45) is -0.758. The van der Waals surface area contributed by atoms with E-state index in [1.54, 1.807) is 9.25 Å². The summed E-state index contributed by atoms with van der Waals surface area (Å²) >= 11 is 1.10. The minimum atomic E-state index is -4.74. The van der Waals surface area contributed by atoms with Gasteiger partial charge in [0.2, 0.25) is 0 Å². The predicted octanol–water partition coefficient (Wildman–Crippen LogP) is 4.99. The average Bonchev–Trinajstić information content (AvgIpc) is 3.29. The van der Waals surface area contributed by atoms with E-state index in [4.69, 9.17) is 5.41 Å². The maximum absolute atomic E-state index is 12.4. The van der Waals surface area contributed by atoms with Crippen LogP contribution >= 0.6 is 11.3 Å². The minimum Gasteiger partial charge on any atom is -0.406 e. The molecule has 0 fully saturated rings. The molecule has 2 heterocycles. The molecule has 1 N–H and O–H groups in total. The van der Waals surface area contributed by atoms with E-state index in [1.807, 2.05) is 18.3 Å². The predicted molar refractivity (Wildman–Crippen MR) is 112 cm³/mol.